The van der Waals surface area contributed by atoms with Crippen LogP contribution in [0.5, 0.6) is 5.75 Å². The zero-order valence-electron chi connectivity index (χ0n) is 11.2. The van der Waals surface area contributed by atoms with Gasteiger partial charge in [0, 0.05) is 19.2 Å². The van der Waals surface area contributed by atoms with Crippen molar-refractivity contribution in [2.45, 2.75) is 38.8 Å². The van der Waals surface area contributed by atoms with Crippen LogP contribution in [0.3, 0.4) is 0 Å². The van der Waals surface area contributed by atoms with Crippen LogP contribution in [0.15, 0.2) is 24.3 Å². The fourth-order valence-electron chi connectivity index (χ4n) is 2.09. The summed E-state index contributed by atoms with van der Waals surface area (Å²) in [5.41, 5.74) is 1.30. The van der Waals surface area contributed by atoms with Crippen LogP contribution in [0.25, 0.3) is 0 Å². The molecule has 1 unspecified atom stereocenters. The van der Waals surface area contributed by atoms with Gasteiger partial charge in [0.05, 0.1) is 13.2 Å². The normalized spacial score (nSPS) is 19.7. The molecule has 0 radical (unpaired) electrons. The van der Waals surface area contributed by atoms with Crippen LogP contribution >= 0.6 is 0 Å². The fraction of sp³-hybridized carbons (Fsp3) is 0.600. The summed E-state index contributed by atoms with van der Waals surface area (Å²) in [6, 6.07) is 8.85. The predicted molar refractivity (Wildman–Crippen MR) is 72.9 cm³/mol. The molecule has 0 aromatic heterocycles. The lowest BCUT2D eigenvalue weighted by atomic mass is 10.1. The number of hydrogen-bond acceptors (Lipinski definition) is 3. The molecule has 3 heteroatoms. The Bertz CT molecular complexity index is 331. The highest BCUT2D eigenvalue weighted by Gasteiger charge is 2.12. The summed E-state index contributed by atoms with van der Waals surface area (Å²) in [6.45, 7) is 5.57. The van der Waals surface area contributed by atoms with E-state index in [1.54, 1.807) is 0 Å². The smallest absolute Gasteiger partial charge is 0.119 e. The molecule has 1 aliphatic rings. The average Bonchev–Trinajstić information content (AvgIpc) is 2.45. The van der Waals surface area contributed by atoms with Gasteiger partial charge in [-0.25, -0.2) is 0 Å². The van der Waals surface area contributed by atoms with Crippen LogP contribution in [0.1, 0.15) is 31.7 Å². The molecular weight excluding hydrogens is 226 g/mol. The largest absolute Gasteiger partial charge is 0.494 e. The highest BCUT2D eigenvalue weighted by molar-refractivity contribution is 5.27. The first-order valence-electron chi connectivity index (χ1n) is 6.91. The van der Waals surface area contributed by atoms with Gasteiger partial charge in [0.1, 0.15) is 5.75 Å². The highest BCUT2D eigenvalue weighted by Crippen LogP contribution is 2.13. The van der Waals surface area contributed by atoms with E-state index in [2.05, 4.69) is 24.4 Å². The first-order valence-corrected chi connectivity index (χ1v) is 6.91. The van der Waals surface area contributed by atoms with Crippen molar-refractivity contribution in [2.75, 3.05) is 19.8 Å². The Balaban J connectivity index is 1.75. The molecule has 18 heavy (non-hydrogen) atoms. The van der Waals surface area contributed by atoms with Crippen molar-refractivity contribution >= 4 is 0 Å². The Morgan fingerprint density at radius 1 is 1.33 bits per heavy atom. The number of nitrogens with one attached hydrogen (secondary N) is 1. The Hall–Kier alpha value is -1.06. The third kappa shape index (κ3) is 4.31. The molecule has 1 aromatic carbocycles. The summed E-state index contributed by atoms with van der Waals surface area (Å²) < 4.78 is 11.0. The Morgan fingerprint density at radius 2 is 2.17 bits per heavy atom. The first-order chi connectivity index (χ1) is 8.88. The quantitative estimate of drug-likeness (QED) is 0.841. The number of ether oxygens (including phenoxy) is 2. The molecule has 1 saturated heterocycles. The van der Waals surface area contributed by atoms with Gasteiger partial charge in [-0.05, 0) is 37.0 Å². The minimum atomic E-state index is 0.509. The molecule has 1 aliphatic heterocycles. The van der Waals surface area contributed by atoms with Crippen LogP contribution in [-0.4, -0.2) is 25.9 Å². The molecule has 100 valence electrons. The second-order valence-corrected chi connectivity index (χ2v) is 4.79. The van der Waals surface area contributed by atoms with Crippen molar-refractivity contribution in [3.63, 3.8) is 0 Å². The van der Waals surface area contributed by atoms with E-state index in [9.17, 15) is 0 Å². The molecule has 2 rings (SSSR count). The van der Waals surface area contributed by atoms with Crippen molar-refractivity contribution in [3.8, 4) is 5.75 Å². The van der Waals surface area contributed by atoms with E-state index in [1.165, 1.54) is 18.4 Å². The summed E-state index contributed by atoms with van der Waals surface area (Å²) in [5.74, 6) is 0.960. The standard InChI is InChI=1S/C15H23NO2/c1-2-9-18-15-7-5-13(6-8-15)11-16-14-4-3-10-17-12-14/h5-8,14,16H,2-4,9-12H2,1H3. The topological polar surface area (TPSA) is 30.5 Å². The van der Waals surface area contributed by atoms with Gasteiger partial charge in [0.2, 0.25) is 0 Å². The van der Waals surface area contributed by atoms with E-state index in [0.29, 0.717) is 6.04 Å². The summed E-state index contributed by atoms with van der Waals surface area (Å²) in [6.07, 6.45) is 3.43. The summed E-state index contributed by atoms with van der Waals surface area (Å²) in [7, 11) is 0. The number of hydrogen-bond donors (Lipinski definition) is 1. The maximum absolute atomic E-state index is 5.56. The number of rotatable bonds is 6. The average molecular weight is 249 g/mol. The summed E-state index contributed by atoms with van der Waals surface area (Å²) >= 11 is 0. The molecule has 0 bridgehead atoms. The van der Waals surface area contributed by atoms with Gasteiger partial charge in [-0.15, -0.1) is 0 Å². The third-order valence-electron chi connectivity index (χ3n) is 3.15. The fourth-order valence-corrected chi connectivity index (χ4v) is 2.09. The zero-order chi connectivity index (χ0) is 12.6. The molecule has 0 amide bonds. The van der Waals surface area contributed by atoms with E-state index in [1.807, 2.05) is 12.1 Å². The first kappa shape index (κ1) is 13.4. The summed E-state index contributed by atoms with van der Waals surface area (Å²) in [4.78, 5) is 0. The molecule has 0 aliphatic carbocycles. The molecule has 1 heterocycles. The van der Waals surface area contributed by atoms with Crippen molar-refractivity contribution in [1.29, 1.82) is 0 Å². The van der Waals surface area contributed by atoms with E-state index >= 15 is 0 Å². The van der Waals surface area contributed by atoms with E-state index in [4.69, 9.17) is 9.47 Å². The van der Waals surface area contributed by atoms with Crippen molar-refractivity contribution < 1.29 is 9.47 Å². The molecule has 1 atom stereocenters. The van der Waals surface area contributed by atoms with Crippen molar-refractivity contribution in [1.82, 2.24) is 5.32 Å². The second-order valence-electron chi connectivity index (χ2n) is 4.79. The molecule has 1 N–H and O–H groups in total. The molecule has 1 fully saturated rings. The van der Waals surface area contributed by atoms with Crippen LogP contribution in [-0.2, 0) is 11.3 Å². The maximum Gasteiger partial charge on any atom is 0.119 e. The molecule has 3 nitrogen and oxygen atoms in total. The summed E-state index contributed by atoms with van der Waals surface area (Å²) in [5, 5.41) is 3.53. The van der Waals surface area contributed by atoms with E-state index in [0.717, 1.165) is 38.5 Å². The van der Waals surface area contributed by atoms with Gasteiger partial charge in [-0.1, -0.05) is 19.1 Å². The lowest BCUT2D eigenvalue weighted by molar-refractivity contribution is 0.0699. The van der Waals surface area contributed by atoms with Gasteiger partial charge < -0.3 is 14.8 Å². The Kier molecular flexibility index (Phi) is 5.49. The Morgan fingerprint density at radius 3 is 2.83 bits per heavy atom. The minimum absolute atomic E-state index is 0.509. The van der Waals surface area contributed by atoms with E-state index in [-0.39, 0.29) is 0 Å². The third-order valence-corrected chi connectivity index (χ3v) is 3.15. The van der Waals surface area contributed by atoms with Crippen LogP contribution in [0, 0.1) is 0 Å². The molecular formula is C15H23NO2. The second kappa shape index (κ2) is 7.39. The van der Waals surface area contributed by atoms with Crippen molar-refractivity contribution in [2.24, 2.45) is 0 Å². The van der Waals surface area contributed by atoms with Gasteiger partial charge in [0.25, 0.3) is 0 Å². The monoisotopic (exact) mass is 249 g/mol. The Labute approximate surface area is 109 Å². The number of benzene rings is 1. The van der Waals surface area contributed by atoms with Crippen LogP contribution < -0.4 is 10.1 Å². The maximum atomic E-state index is 5.56. The van der Waals surface area contributed by atoms with Crippen molar-refractivity contribution in [3.05, 3.63) is 29.8 Å². The van der Waals surface area contributed by atoms with E-state index < -0.39 is 0 Å². The zero-order valence-corrected chi connectivity index (χ0v) is 11.2. The van der Waals surface area contributed by atoms with Gasteiger partial charge >= 0.3 is 0 Å². The molecule has 1 aromatic rings. The van der Waals surface area contributed by atoms with Gasteiger partial charge in [-0.2, -0.15) is 0 Å². The lowest BCUT2D eigenvalue weighted by Gasteiger charge is -2.23. The minimum Gasteiger partial charge on any atom is -0.494 e. The van der Waals surface area contributed by atoms with Crippen LogP contribution in [0.2, 0.25) is 0 Å². The van der Waals surface area contributed by atoms with Gasteiger partial charge in [0.15, 0.2) is 0 Å². The van der Waals surface area contributed by atoms with Crippen LogP contribution in [0.4, 0.5) is 0 Å². The SMILES string of the molecule is CCCOc1ccc(CNC2CCCOC2)cc1. The predicted octanol–water partition coefficient (Wildman–Crippen LogP) is 2.74. The van der Waals surface area contributed by atoms with Gasteiger partial charge in [-0.3, -0.25) is 0 Å². The highest BCUT2D eigenvalue weighted by atomic mass is 16.5. The lowest BCUT2D eigenvalue weighted by Crippen LogP contribution is -2.36. The molecule has 0 spiro atoms. The molecule has 0 saturated carbocycles.